The van der Waals surface area contributed by atoms with E-state index in [1.807, 2.05) is 82.6 Å². The quantitative estimate of drug-likeness (QED) is 0.0145. The number of hydrogen-bond donors (Lipinski definition) is 6. The molecule has 6 N–H and O–H groups in total. The molecule has 1 saturated carbocycles. The maximum Gasteiger partial charge on any atom is 0.293 e. The number of aromatic nitrogens is 3. The highest BCUT2D eigenvalue weighted by atomic mass is 35.5. The number of H-pyrrole nitrogens is 1. The van der Waals surface area contributed by atoms with Gasteiger partial charge in [-0.2, -0.15) is 0 Å². The van der Waals surface area contributed by atoms with E-state index in [4.69, 9.17) is 16.3 Å². The summed E-state index contributed by atoms with van der Waals surface area (Å²) in [6, 6.07) is 27.7. The summed E-state index contributed by atoms with van der Waals surface area (Å²) >= 11 is 7.89. The normalized spacial score (nSPS) is 20.5. The third-order valence-corrected chi connectivity index (χ3v) is 24.9. The molecular weight excluding hydrogens is 1400 g/mol. The van der Waals surface area contributed by atoms with Crippen LogP contribution in [0.5, 0.6) is 11.5 Å². The Hall–Kier alpha value is -7.81. The smallest absolute Gasteiger partial charge is 0.293 e. The Morgan fingerprint density at radius 2 is 1.56 bits per heavy atom. The fourth-order valence-corrected chi connectivity index (χ4v) is 18.0. The zero-order chi connectivity index (χ0) is 74.9. The predicted octanol–water partition coefficient (Wildman–Crippen LogP) is 14.0. The van der Waals surface area contributed by atoms with Gasteiger partial charge in [0.1, 0.15) is 28.9 Å². The van der Waals surface area contributed by atoms with E-state index >= 15 is 0 Å². The average Bonchev–Trinajstić information content (AvgIpc) is 1.37. The van der Waals surface area contributed by atoms with Gasteiger partial charge in [0, 0.05) is 119 Å². The first kappa shape index (κ1) is 77.8. The van der Waals surface area contributed by atoms with Gasteiger partial charge in [0.2, 0.25) is 11.8 Å². The predicted molar refractivity (Wildman–Crippen MR) is 421 cm³/mol. The van der Waals surface area contributed by atoms with Crippen LogP contribution >= 0.6 is 22.9 Å². The number of benzene rings is 4. The summed E-state index contributed by atoms with van der Waals surface area (Å²) in [7, 11) is -4.62. The summed E-state index contributed by atoms with van der Waals surface area (Å²) in [4.78, 5) is 78.5. The summed E-state index contributed by atoms with van der Waals surface area (Å²) in [5.41, 5.74) is 9.99. The van der Waals surface area contributed by atoms with Crippen molar-refractivity contribution in [1.29, 1.82) is 0 Å². The highest BCUT2D eigenvalue weighted by Gasteiger charge is 2.44. The second-order valence-corrected chi connectivity index (χ2v) is 34.7. The number of rotatable bonds is 29. The summed E-state index contributed by atoms with van der Waals surface area (Å²) < 4.78 is 36.8. The molecular formula is C81H106ClN13O9S2. The van der Waals surface area contributed by atoms with Gasteiger partial charge >= 0.3 is 0 Å². The Balaban J connectivity index is 0.556. The molecule has 7 aromatic rings. The van der Waals surface area contributed by atoms with Crippen LogP contribution in [-0.2, 0) is 19.6 Å². The molecule has 2 aliphatic carbocycles. The number of carbonyl (C=O) groups is 3. The monoisotopic (exact) mass is 1500 g/mol. The largest absolute Gasteiger partial charge is 0.455 e. The maximum atomic E-state index is 14.3. The first-order chi connectivity index (χ1) is 50.8. The number of aliphatic hydroxyl groups excluding tert-OH is 1. The molecule has 4 atom stereocenters. The highest BCUT2D eigenvalue weighted by Crippen LogP contribution is 2.44. The molecule has 3 amide bonds. The second-order valence-electron chi connectivity index (χ2n) is 31.8. The molecule has 3 aliphatic heterocycles. The number of aromatic amines is 1. The number of hydrogen-bond acceptors (Lipinski definition) is 18. The Labute approximate surface area is 633 Å². The number of pyridine rings is 1. The number of carbonyl (C=O) groups excluding carboxylic acids is 3. The number of halogens is 1. The number of allylic oxidation sites excluding steroid dienone is 1. The van der Waals surface area contributed by atoms with Gasteiger partial charge < -0.3 is 45.5 Å². The summed E-state index contributed by atoms with van der Waals surface area (Å²) in [5, 5.41) is 34.8. The van der Waals surface area contributed by atoms with Gasteiger partial charge in [0.25, 0.3) is 21.6 Å². The number of aliphatic hydroxyl groups is 1. The number of unbranched alkanes of at least 4 members (excludes halogenated alkanes) is 5. The Morgan fingerprint density at radius 1 is 0.849 bits per heavy atom. The van der Waals surface area contributed by atoms with Gasteiger partial charge in [0.15, 0.2) is 0 Å². The van der Waals surface area contributed by atoms with Gasteiger partial charge in [0.05, 0.1) is 55.8 Å². The number of aryl methyl sites for hydroxylation is 1. The minimum atomic E-state index is -4.62. The van der Waals surface area contributed by atoms with E-state index in [-0.39, 0.29) is 59.2 Å². The fourth-order valence-electron chi connectivity index (χ4n) is 16.1. The molecule has 4 fully saturated rings. The standard InChI is InChI=1S/C81H106ClN13O9S2/c1-54(57-16-18-59(19-17-57)74-55(2)87-53-105-74)88-78(98)72-46-65(96)52-94(72)79(99)75(80(3,4)5)83-33-12-10-8-9-11-13-35-90-36-40-92(41-37-90)63-24-14-56(15-25-63)49-85-70-29-27-67(47-71(70)95(100)101)106(102,103)89-77(97)68-28-26-64(45-73(68)104-66-44-60-31-34-84-76(60)86-50-66)93-42-38-91(39-43-93)51-61-30-32-81(6,7)48-69(61)58-20-22-62(82)23-21-58/h16-23,26-29,31,34,44-45,47,50,53-54,56,63,65,72,75,83,85,96H,8-15,24-25,30,32-33,35-43,46,48-49,51-52H2,1-7H3,(H,84,86)(H,88,98)(H,89,97)/t54-,56?,63?,65+,72-,75+/m0/s1. The van der Waals surface area contributed by atoms with Crippen molar-refractivity contribution in [3.63, 3.8) is 0 Å². The third kappa shape index (κ3) is 19.7. The summed E-state index contributed by atoms with van der Waals surface area (Å²) in [5.74, 6) is -0.605. The van der Waals surface area contributed by atoms with Gasteiger partial charge in [-0.15, -0.1) is 11.3 Å². The molecule has 0 spiro atoms. The van der Waals surface area contributed by atoms with E-state index in [1.165, 1.54) is 41.5 Å². The molecule has 106 heavy (non-hydrogen) atoms. The van der Waals surface area contributed by atoms with Crippen LogP contribution in [0.15, 0.2) is 125 Å². The molecule has 6 heterocycles. The average molecular weight is 1510 g/mol. The lowest BCUT2D eigenvalue weighted by atomic mass is 9.72. The molecule has 0 unspecified atom stereocenters. The van der Waals surface area contributed by atoms with Crippen molar-refractivity contribution in [3.05, 3.63) is 158 Å². The lowest BCUT2D eigenvalue weighted by Gasteiger charge is -2.42. The number of anilines is 2. The molecule has 0 radical (unpaired) electrons. The zero-order valence-electron chi connectivity index (χ0n) is 62.5. The van der Waals surface area contributed by atoms with Gasteiger partial charge in [-0.1, -0.05) is 114 Å². The minimum absolute atomic E-state index is 0.0407. The van der Waals surface area contributed by atoms with Crippen LogP contribution in [0.2, 0.25) is 5.02 Å². The van der Waals surface area contributed by atoms with Crippen molar-refractivity contribution in [2.45, 2.75) is 174 Å². The van der Waals surface area contributed by atoms with Crippen molar-refractivity contribution in [3.8, 4) is 21.9 Å². The van der Waals surface area contributed by atoms with E-state index in [9.17, 15) is 38.0 Å². The topological polar surface area (TPSA) is 264 Å². The lowest BCUT2D eigenvalue weighted by molar-refractivity contribution is -0.384. The van der Waals surface area contributed by atoms with Crippen molar-refractivity contribution in [2.24, 2.45) is 16.7 Å². The number of nitrogens with zero attached hydrogens (tertiary/aromatic N) is 8. The number of amides is 3. The molecule has 12 rings (SSSR count). The van der Waals surface area contributed by atoms with E-state index in [2.05, 4.69) is 81.2 Å². The van der Waals surface area contributed by atoms with Crippen LogP contribution < -0.4 is 30.3 Å². The molecule has 568 valence electrons. The number of nitro groups is 1. The van der Waals surface area contributed by atoms with E-state index in [1.54, 1.807) is 46.7 Å². The van der Waals surface area contributed by atoms with Crippen LogP contribution in [0.25, 0.3) is 27.0 Å². The molecule has 22 nitrogen and oxygen atoms in total. The highest BCUT2D eigenvalue weighted by molar-refractivity contribution is 7.90. The van der Waals surface area contributed by atoms with Crippen LogP contribution in [0, 0.1) is 33.8 Å². The van der Waals surface area contributed by atoms with Crippen LogP contribution in [0.3, 0.4) is 0 Å². The molecule has 25 heteroatoms. The molecule has 3 aromatic heterocycles. The van der Waals surface area contributed by atoms with E-state index in [0.29, 0.717) is 43.6 Å². The molecule has 4 aromatic carbocycles. The third-order valence-electron chi connectivity index (χ3n) is 22.4. The van der Waals surface area contributed by atoms with E-state index in [0.717, 1.165) is 173 Å². The molecule has 5 aliphatic rings. The number of thiazole rings is 1. The molecule has 3 saturated heterocycles. The van der Waals surface area contributed by atoms with Gasteiger partial charge in [-0.05, 0) is 172 Å². The van der Waals surface area contributed by atoms with Crippen LogP contribution in [0.1, 0.15) is 165 Å². The van der Waals surface area contributed by atoms with Gasteiger partial charge in [-0.25, -0.2) is 23.1 Å². The Morgan fingerprint density at radius 3 is 2.26 bits per heavy atom. The number of likely N-dealkylation sites (tertiary alicyclic amines) is 1. The van der Waals surface area contributed by atoms with Crippen molar-refractivity contribution in [2.75, 3.05) is 95.3 Å². The van der Waals surface area contributed by atoms with E-state index < -0.39 is 55.0 Å². The molecule has 0 bridgehead atoms. The number of sulfonamides is 1. The lowest BCUT2D eigenvalue weighted by Crippen LogP contribution is -2.56. The number of β-amino-alcohol motifs (C(OH)–C–C–N with tert-alkyl or cyclic N) is 1. The zero-order valence-corrected chi connectivity index (χ0v) is 64.9. The summed E-state index contributed by atoms with van der Waals surface area (Å²) in [6.07, 6.45) is 16.5. The Kier molecular flexibility index (Phi) is 25.4. The minimum Gasteiger partial charge on any atom is -0.455 e. The number of nitro benzene ring substituents is 1. The number of piperazine rings is 2. The second kappa shape index (κ2) is 34.6. The van der Waals surface area contributed by atoms with Crippen molar-refractivity contribution in [1.82, 2.24) is 49.9 Å². The fraction of sp³-hybridized carbons (Fsp3) is 0.519. The number of nitrogens with one attached hydrogen (secondary N) is 5. The van der Waals surface area contributed by atoms with Crippen molar-refractivity contribution >= 4 is 84.4 Å². The number of ether oxygens (including phenoxy) is 1. The van der Waals surface area contributed by atoms with Crippen LogP contribution in [-0.4, -0.2) is 180 Å². The number of fused-ring (bicyclic) bond motifs is 1. The first-order valence-corrected chi connectivity index (χ1v) is 40.8. The maximum absolute atomic E-state index is 14.3. The Bertz CT molecular complexity index is 4350. The van der Waals surface area contributed by atoms with Gasteiger partial charge in [-0.3, -0.25) is 34.3 Å². The first-order valence-electron chi connectivity index (χ1n) is 38.1. The van der Waals surface area contributed by atoms with Crippen LogP contribution in [0.4, 0.5) is 17.1 Å². The summed E-state index contributed by atoms with van der Waals surface area (Å²) in [6.45, 7) is 25.2. The SMILES string of the molecule is Cc1ncsc1-c1ccc([C@H](C)NC(=O)[C@@H]2C[C@@H](O)CN2C(=O)[C@@H](NCCCCCCCCN2CCN(C3CCC(CNc4ccc(S(=O)(=O)NC(=O)c5ccc(N6CCN(CC7=C(c8ccc(Cl)cc8)CC(C)(C)CC7)CC6)cc5Oc5cnc6[nH]ccc6c5)cc4[N+](=O)[O-])CC3)CC2)C(C)(C)C)cc1. The van der Waals surface area contributed by atoms with Crippen molar-refractivity contribution < 1.29 is 37.6 Å².